The molecule has 2 N–H and O–H groups in total. The Hall–Kier alpha value is -1.80. The highest BCUT2D eigenvalue weighted by Gasteiger charge is 2.48. The normalized spacial score (nSPS) is 29.9. The molecule has 0 radical (unpaired) electrons. The third-order valence-electron chi connectivity index (χ3n) is 5.85. The summed E-state index contributed by atoms with van der Waals surface area (Å²) in [5.41, 5.74) is 4.22. The Balaban J connectivity index is 1.52. The molecular weight excluding hydrogens is 384 g/mol. The summed E-state index contributed by atoms with van der Waals surface area (Å²) < 4.78 is 24.3. The maximum absolute atomic E-state index is 10.4. The van der Waals surface area contributed by atoms with Gasteiger partial charge < -0.3 is 29.2 Å². The standard InChI is InChI=1S/C24H30O6/c1-3-15-5-9-17(10-6-15)23-27-14-20-22(30-23)21(19(26)13-25)29-24(28-20)18-11-7-16(4-2)8-12-18/h5-12,19-26H,3-4,13-14H2,1-2H3/t19-,20+,21-,22-,23?,24?/m0/s1. The van der Waals surface area contributed by atoms with Crippen LogP contribution in [0.1, 0.15) is 48.7 Å². The lowest BCUT2D eigenvalue weighted by atomic mass is 9.99. The smallest absolute Gasteiger partial charge is 0.184 e. The molecule has 2 aromatic rings. The van der Waals surface area contributed by atoms with Crippen LogP contribution in [0, 0.1) is 0 Å². The van der Waals surface area contributed by atoms with Crippen molar-refractivity contribution >= 4 is 0 Å². The van der Waals surface area contributed by atoms with Crippen molar-refractivity contribution in [3.63, 3.8) is 0 Å². The zero-order valence-corrected chi connectivity index (χ0v) is 17.4. The van der Waals surface area contributed by atoms with Crippen LogP contribution in [0.2, 0.25) is 0 Å². The van der Waals surface area contributed by atoms with Gasteiger partial charge in [0, 0.05) is 11.1 Å². The molecule has 0 amide bonds. The second-order valence-corrected chi connectivity index (χ2v) is 7.81. The predicted molar refractivity (Wildman–Crippen MR) is 111 cm³/mol. The highest BCUT2D eigenvalue weighted by molar-refractivity contribution is 5.25. The second-order valence-electron chi connectivity index (χ2n) is 7.81. The first-order chi connectivity index (χ1) is 14.6. The molecule has 0 saturated carbocycles. The third-order valence-corrected chi connectivity index (χ3v) is 5.85. The first-order valence-corrected chi connectivity index (χ1v) is 10.7. The van der Waals surface area contributed by atoms with E-state index < -0.39 is 43.6 Å². The van der Waals surface area contributed by atoms with E-state index in [1.165, 1.54) is 11.1 Å². The van der Waals surface area contributed by atoms with Gasteiger partial charge in [0.05, 0.1) is 13.2 Å². The Bertz CT molecular complexity index is 803. The van der Waals surface area contributed by atoms with E-state index in [1.54, 1.807) is 0 Å². The third kappa shape index (κ3) is 4.44. The van der Waals surface area contributed by atoms with Crippen molar-refractivity contribution in [3.8, 4) is 0 Å². The fourth-order valence-corrected chi connectivity index (χ4v) is 3.93. The SMILES string of the molecule is CCc1ccc(C2OC[C@H]3OC(c4ccc(CC)cc4)O[C@@H]([C@@H](O)CO)[C@H]3O2)cc1. The van der Waals surface area contributed by atoms with E-state index in [2.05, 4.69) is 26.0 Å². The fourth-order valence-electron chi connectivity index (χ4n) is 3.93. The monoisotopic (exact) mass is 414 g/mol. The van der Waals surface area contributed by atoms with Crippen molar-refractivity contribution < 1.29 is 29.2 Å². The zero-order chi connectivity index (χ0) is 21.1. The molecule has 2 saturated heterocycles. The van der Waals surface area contributed by atoms with Crippen LogP contribution in [0.3, 0.4) is 0 Å². The number of aliphatic hydroxyl groups is 2. The van der Waals surface area contributed by atoms with E-state index in [1.807, 2.05) is 36.4 Å². The summed E-state index contributed by atoms with van der Waals surface area (Å²) >= 11 is 0. The highest BCUT2D eigenvalue weighted by Crippen LogP contribution is 2.39. The van der Waals surface area contributed by atoms with Gasteiger partial charge in [-0.3, -0.25) is 0 Å². The molecule has 6 heteroatoms. The lowest BCUT2D eigenvalue weighted by Gasteiger charge is -2.47. The number of hydrogen-bond donors (Lipinski definition) is 2. The number of fused-ring (bicyclic) bond motifs is 1. The van der Waals surface area contributed by atoms with Crippen LogP contribution in [0.25, 0.3) is 0 Å². The molecule has 0 aromatic heterocycles. The summed E-state index contributed by atoms with van der Waals surface area (Å²) in [6.07, 6.45) is -2.09. The highest BCUT2D eigenvalue weighted by atomic mass is 16.8. The molecule has 0 spiro atoms. The van der Waals surface area contributed by atoms with Crippen LogP contribution in [-0.4, -0.2) is 47.8 Å². The molecule has 4 rings (SSSR count). The molecule has 30 heavy (non-hydrogen) atoms. The molecule has 162 valence electrons. The zero-order valence-electron chi connectivity index (χ0n) is 17.4. The largest absolute Gasteiger partial charge is 0.394 e. The molecule has 0 bridgehead atoms. The molecule has 2 aliphatic rings. The average molecular weight is 414 g/mol. The molecule has 6 nitrogen and oxygen atoms in total. The summed E-state index contributed by atoms with van der Waals surface area (Å²) in [7, 11) is 0. The summed E-state index contributed by atoms with van der Waals surface area (Å²) in [5.74, 6) is 0. The lowest BCUT2D eigenvalue weighted by Crippen LogP contribution is -2.58. The summed E-state index contributed by atoms with van der Waals surface area (Å²) in [4.78, 5) is 0. The average Bonchev–Trinajstić information content (AvgIpc) is 2.82. The fraction of sp³-hybridized carbons (Fsp3) is 0.500. The first-order valence-electron chi connectivity index (χ1n) is 10.7. The summed E-state index contributed by atoms with van der Waals surface area (Å²) in [6, 6.07) is 16.1. The molecule has 0 aliphatic carbocycles. The van der Waals surface area contributed by atoms with Crippen molar-refractivity contribution in [3.05, 3.63) is 70.8 Å². The number of benzene rings is 2. The van der Waals surface area contributed by atoms with Crippen molar-refractivity contribution in [1.82, 2.24) is 0 Å². The van der Waals surface area contributed by atoms with E-state index in [-0.39, 0.29) is 0 Å². The second kappa shape index (κ2) is 9.56. The summed E-state index contributed by atoms with van der Waals surface area (Å²) in [5, 5.41) is 20.0. The Morgan fingerprint density at radius 1 is 0.833 bits per heavy atom. The van der Waals surface area contributed by atoms with Gasteiger partial charge in [-0.2, -0.15) is 0 Å². The molecular formula is C24H30O6. The number of hydrogen-bond acceptors (Lipinski definition) is 6. The van der Waals surface area contributed by atoms with Crippen molar-refractivity contribution in [1.29, 1.82) is 0 Å². The Morgan fingerprint density at radius 3 is 1.93 bits per heavy atom. The Kier molecular flexibility index (Phi) is 6.83. The minimum atomic E-state index is -1.08. The van der Waals surface area contributed by atoms with Gasteiger partial charge in [0.2, 0.25) is 0 Å². The Morgan fingerprint density at radius 2 is 1.40 bits per heavy atom. The molecule has 2 aromatic carbocycles. The van der Waals surface area contributed by atoms with Crippen molar-refractivity contribution in [2.75, 3.05) is 13.2 Å². The van der Waals surface area contributed by atoms with Gasteiger partial charge >= 0.3 is 0 Å². The molecule has 2 aliphatic heterocycles. The van der Waals surface area contributed by atoms with E-state index in [9.17, 15) is 10.2 Å². The molecule has 2 heterocycles. The van der Waals surface area contributed by atoms with Gasteiger partial charge in [0.25, 0.3) is 0 Å². The van der Waals surface area contributed by atoms with Crippen LogP contribution < -0.4 is 0 Å². The summed E-state index contributed by atoms with van der Waals surface area (Å²) in [6.45, 7) is 4.10. The van der Waals surface area contributed by atoms with E-state index >= 15 is 0 Å². The maximum atomic E-state index is 10.4. The Labute approximate surface area is 177 Å². The maximum Gasteiger partial charge on any atom is 0.184 e. The van der Waals surface area contributed by atoms with E-state index in [4.69, 9.17) is 18.9 Å². The minimum Gasteiger partial charge on any atom is -0.394 e. The quantitative estimate of drug-likeness (QED) is 0.757. The number of rotatable bonds is 6. The number of aliphatic hydroxyl groups excluding tert-OH is 2. The van der Waals surface area contributed by atoms with Crippen LogP contribution >= 0.6 is 0 Å². The van der Waals surface area contributed by atoms with Gasteiger partial charge in [0.1, 0.15) is 24.4 Å². The lowest BCUT2D eigenvalue weighted by molar-refractivity contribution is -0.373. The first kappa shape index (κ1) is 21.4. The van der Waals surface area contributed by atoms with Gasteiger partial charge in [-0.15, -0.1) is 0 Å². The van der Waals surface area contributed by atoms with Gasteiger partial charge in [-0.1, -0.05) is 62.4 Å². The predicted octanol–water partition coefficient (Wildman–Crippen LogP) is 3.06. The number of aryl methyl sites for hydroxylation is 2. The van der Waals surface area contributed by atoms with Crippen LogP contribution in [0.4, 0.5) is 0 Å². The molecule has 6 atom stereocenters. The van der Waals surface area contributed by atoms with E-state index in [0.29, 0.717) is 6.61 Å². The number of ether oxygens (including phenoxy) is 4. The van der Waals surface area contributed by atoms with Crippen molar-refractivity contribution in [2.45, 2.75) is 63.7 Å². The van der Waals surface area contributed by atoms with Gasteiger partial charge in [0.15, 0.2) is 12.6 Å². The van der Waals surface area contributed by atoms with E-state index in [0.717, 1.165) is 24.0 Å². The van der Waals surface area contributed by atoms with Crippen LogP contribution in [0.5, 0.6) is 0 Å². The topological polar surface area (TPSA) is 77.4 Å². The van der Waals surface area contributed by atoms with Crippen LogP contribution in [-0.2, 0) is 31.8 Å². The molecule has 2 fully saturated rings. The van der Waals surface area contributed by atoms with Gasteiger partial charge in [-0.25, -0.2) is 0 Å². The van der Waals surface area contributed by atoms with Crippen LogP contribution in [0.15, 0.2) is 48.5 Å². The van der Waals surface area contributed by atoms with Crippen molar-refractivity contribution in [2.24, 2.45) is 0 Å². The molecule has 2 unspecified atom stereocenters. The minimum absolute atomic E-state index is 0.312. The van der Waals surface area contributed by atoms with Gasteiger partial charge in [-0.05, 0) is 24.0 Å².